The van der Waals surface area contributed by atoms with Gasteiger partial charge in [-0.25, -0.2) is 4.39 Å². The molecular formula is C17H16FIN2. The van der Waals surface area contributed by atoms with Crippen LogP contribution in [0.5, 0.6) is 0 Å². The zero-order chi connectivity index (χ0) is 14.1. The van der Waals surface area contributed by atoms with E-state index in [1.54, 1.807) is 12.1 Å². The Kier molecular flexibility index (Phi) is 4.77. The van der Waals surface area contributed by atoms with Crippen molar-refractivity contribution in [2.45, 2.75) is 6.92 Å². The fourth-order valence-electron chi connectivity index (χ4n) is 2.31. The third-order valence-corrected chi connectivity index (χ3v) is 3.63. The van der Waals surface area contributed by atoms with E-state index >= 15 is 0 Å². The molecule has 0 aliphatic heterocycles. The maximum Gasteiger partial charge on any atom is 0.205 e. The van der Waals surface area contributed by atoms with Crippen molar-refractivity contribution in [3.63, 3.8) is 0 Å². The first-order valence-corrected chi connectivity index (χ1v) is 6.55. The van der Waals surface area contributed by atoms with E-state index in [0.29, 0.717) is 0 Å². The van der Waals surface area contributed by atoms with Crippen LogP contribution in [0.25, 0.3) is 23.1 Å². The Morgan fingerprint density at radius 1 is 1.14 bits per heavy atom. The van der Waals surface area contributed by atoms with Crippen molar-refractivity contribution >= 4 is 23.1 Å². The summed E-state index contributed by atoms with van der Waals surface area (Å²) >= 11 is 0. The topological polar surface area (TPSA) is 19.7 Å². The maximum absolute atomic E-state index is 13.3. The SMILES string of the molecule is Cc1cccc(/C=C/c2c[nH]c3ccc(F)cc23)[n+]1C.[I-]. The smallest absolute Gasteiger partial charge is 0.205 e. The highest BCUT2D eigenvalue weighted by Gasteiger charge is 2.06. The average Bonchev–Trinajstić information content (AvgIpc) is 2.83. The van der Waals surface area contributed by atoms with Crippen LogP contribution in [-0.4, -0.2) is 4.98 Å². The summed E-state index contributed by atoms with van der Waals surface area (Å²) in [5.74, 6) is -0.215. The number of hydrogen-bond acceptors (Lipinski definition) is 0. The van der Waals surface area contributed by atoms with Crippen molar-refractivity contribution in [2.24, 2.45) is 7.05 Å². The molecule has 0 saturated carbocycles. The highest BCUT2D eigenvalue weighted by Crippen LogP contribution is 2.21. The lowest BCUT2D eigenvalue weighted by Gasteiger charge is -1.97. The van der Waals surface area contributed by atoms with E-state index in [1.165, 1.54) is 11.8 Å². The van der Waals surface area contributed by atoms with Gasteiger partial charge in [-0.15, -0.1) is 0 Å². The molecule has 3 rings (SSSR count). The summed E-state index contributed by atoms with van der Waals surface area (Å²) in [5.41, 5.74) is 4.23. The molecule has 4 heteroatoms. The first-order valence-electron chi connectivity index (χ1n) is 6.55. The Balaban J connectivity index is 0.00000161. The lowest BCUT2D eigenvalue weighted by Crippen LogP contribution is -3.00. The van der Waals surface area contributed by atoms with E-state index in [2.05, 4.69) is 28.6 Å². The minimum Gasteiger partial charge on any atom is -1.00 e. The zero-order valence-corrected chi connectivity index (χ0v) is 14.1. The second kappa shape index (κ2) is 6.39. The quantitative estimate of drug-likeness (QED) is 0.486. The van der Waals surface area contributed by atoms with Gasteiger partial charge in [0.15, 0.2) is 5.69 Å². The molecule has 0 bridgehead atoms. The standard InChI is InChI=1S/C17H15FN2.HI/c1-12-4-3-5-15(20(12)2)8-6-13-11-19-17-9-7-14(18)10-16(13)17;/h3-11H,1-2H3;1H. The number of fused-ring (bicyclic) bond motifs is 1. The summed E-state index contributed by atoms with van der Waals surface area (Å²) in [5, 5.41) is 0.900. The highest BCUT2D eigenvalue weighted by molar-refractivity contribution is 5.91. The molecule has 0 amide bonds. The number of benzene rings is 1. The molecule has 0 spiro atoms. The number of pyridine rings is 1. The third kappa shape index (κ3) is 3.15. The molecule has 2 nitrogen and oxygen atoms in total. The molecule has 0 unspecified atom stereocenters. The predicted octanol–water partition coefficient (Wildman–Crippen LogP) is 0.614. The largest absolute Gasteiger partial charge is 1.00 e. The highest BCUT2D eigenvalue weighted by atomic mass is 127. The van der Waals surface area contributed by atoms with Crippen LogP contribution in [-0.2, 0) is 7.05 Å². The fourth-order valence-corrected chi connectivity index (χ4v) is 2.31. The van der Waals surface area contributed by atoms with Crippen LogP contribution >= 0.6 is 0 Å². The third-order valence-electron chi connectivity index (χ3n) is 3.63. The van der Waals surface area contributed by atoms with Gasteiger partial charge in [-0.05, 0) is 30.3 Å². The Hall–Kier alpha value is -1.69. The van der Waals surface area contributed by atoms with Gasteiger partial charge >= 0.3 is 0 Å². The summed E-state index contributed by atoms with van der Waals surface area (Å²) in [6.45, 7) is 2.07. The van der Waals surface area contributed by atoms with E-state index < -0.39 is 0 Å². The fraction of sp³-hybridized carbons (Fsp3) is 0.118. The van der Waals surface area contributed by atoms with Crippen LogP contribution in [0.15, 0.2) is 42.6 Å². The molecule has 2 aromatic heterocycles. The Morgan fingerprint density at radius 2 is 1.95 bits per heavy atom. The van der Waals surface area contributed by atoms with Crippen LogP contribution in [0.1, 0.15) is 17.0 Å². The van der Waals surface area contributed by atoms with Gasteiger partial charge in [0, 0.05) is 47.8 Å². The molecule has 1 aromatic carbocycles. The summed E-state index contributed by atoms with van der Waals surface area (Å²) in [4.78, 5) is 3.15. The van der Waals surface area contributed by atoms with Crippen molar-refractivity contribution in [3.8, 4) is 0 Å². The van der Waals surface area contributed by atoms with Crippen molar-refractivity contribution in [1.29, 1.82) is 0 Å². The van der Waals surface area contributed by atoms with Gasteiger partial charge < -0.3 is 29.0 Å². The van der Waals surface area contributed by atoms with Gasteiger partial charge in [0.2, 0.25) is 5.69 Å². The van der Waals surface area contributed by atoms with E-state index in [0.717, 1.165) is 22.2 Å². The predicted molar refractivity (Wildman–Crippen MR) is 79.5 cm³/mol. The van der Waals surface area contributed by atoms with E-state index in [9.17, 15) is 4.39 Å². The number of aryl methyl sites for hydroxylation is 1. The molecule has 0 aliphatic carbocycles. The van der Waals surface area contributed by atoms with Gasteiger partial charge in [0.25, 0.3) is 0 Å². The number of aromatic amines is 1. The molecule has 0 atom stereocenters. The van der Waals surface area contributed by atoms with Gasteiger partial charge in [0.1, 0.15) is 12.9 Å². The molecule has 0 saturated heterocycles. The van der Waals surface area contributed by atoms with Crippen LogP contribution in [0.4, 0.5) is 4.39 Å². The molecule has 0 radical (unpaired) electrons. The van der Waals surface area contributed by atoms with E-state index in [1.807, 2.05) is 31.5 Å². The van der Waals surface area contributed by atoms with Gasteiger partial charge in [-0.2, -0.15) is 4.57 Å². The first-order chi connectivity index (χ1) is 9.65. The van der Waals surface area contributed by atoms with Crippen molar-refractivity contribution in [1.82, 2.24) is 4.98 Å². The monoisotopic (exact) mass is 394 g/mol. The Bertz CT molecular complexity index is 806. The average molecular weight is 394 g/mol. The van der Waals surface area contributed by atoms with Crippen molar-refractivity contribution < 1.29 is 32.9 Å². The number of aromatic nitrogens is 2. The number of halogens is 2. The number of H-pyrrole nitrogens is 1. The summed E-state index contributed by atoms with van der Waals surface area (Å²) in [6.07, 6.45) is 5.95. The number of hydrogen-bond donors (Lipinski definition) is 1. The van der Waals surface area contributed by atoms with Crippen LogP contribution < -0.4 is 28.5 Å². The van der Waals surface area contributed by atoms with Crippen molar-refractivity contribution in [2.75, 3.05) is 0 Å². The second-order valence-electron chi connectivity index (χ2n) is 4.92. The van der Waals surface area contributed by atoms with Crippen LogP contribution in [0.2, 0.25) is 0 Å². The Morgan fingerprint density at radius 3 is 2.76 bits per heavy atom. The van der Waals surface area contributed by atoms with Crippen molar-refractivity contribution in [3.05, 3.63) is 65.4 Å². The number of rotatable bonds is 2. The molecule has 1 N–H and O–H groups in total. The van der Waals surface area contributed by atoms with Gasteiger partial charge in [-0.1, -0.05) is 0 Å². The number of nitrogens with zero attached hydrogens (tertiary/aromatic N) is 1. The van der Waals surface area contributed by atoms with Crippen LogP contribution in [0.3, 0.4) is 0 Å². The number of nitrogens with one attached hydrogen (secondary N) is 1. The molecular weight excluding hydrogens is 378 g/mol. The molecule has 2 heterocycles. The molecule has 0 aliphatic rings. The summed E-state index contributed by atoms with van der Waals surface area (Å²) < 4.78 is 15.4. The van der Waals surface area contributed by atoms with Gasteiger partial charge in [-0.3, -0.25) is 0 Å². The normalized spacial score (nSPS) is 11.0. The minimum absolute atomic E-state index is 0. The van der Waals surface area contributed by atoms with E-state index in [4.69, 9.17) is 0 Å². The maximum atomic E-state index is 13.3. The molecule has 0 fully saturated rings. The summed E-state index contributed by atoms with van der Waals surface area (Å²) in [7, 11) is 2.03. The van der Waals surface area contributed by atoms with Crippen LogP contribution in [0, 0.1) is 12.7 Å². The lowest BCUT2D eigenvalue weighted by atomic mass is 10.1. The first kappa shape index (κ1) is 15.7. The van der Waals surface area contributed by atoms with Gasteiger partial charge in [0.05, 0.1) is 0 Å². The zero-order valence-electron chi connectivity index (χ0n) is 11.9. The second-order valence-corrected chi connectivity index (χ2v) is 4.92. The van der Waals surface area contributed by atoms with E-state index in [-0.39, 0.29) is 29.8 Å². The lowest BCUT2D eigenvalue weighted by molar-refractivity contribution is -0.679. The summed E-state index contributed by atoms with van der Waals surface area (Å²) in [6, 6.07) is 10.9. The molecule has 108 valence electrons. The molecule has 21 heavy (non-hydrogen) atoms. The minimum atomic E-state index is -0.215. The Labute approximate surface area is 140 Å². The molecule has 3 aromatic rings.